The molecular formula is C14H18N2O3. The van der Waals surface area contributed by atoms with Crippen molar-refractivity contribution in [2.75, 3.05) is 5.32 Å². The second-order valence-electron chi connectivity index (χ2n) is 5.23. The third-order valence-electron chi connectivity index (χ3n) is 3.52. The summed E-state index contributed by atoms with van der Waals surface area (Å²) in [5.74, 6) is -0.970. The van der Waals surface area contributed by atoms with Crippen LogP contribution in [0, 0.1) is 12.8 Å². The fourth-order valence-electron chi connectivity index (χ4n) is 2.03. The predicted octanol–water partition coefficient (Wildman–Crippen LogP) is 2.37. The van der Waals surface area contributed by atoms with Crippen LogP contribution >= 0.6 is 0 Å². The summed E-state index contributed by atoms with van der Waals surface area (Å²) in [7, 11) is 0. The van der Waals surface area contributed by atoms with Crippen molar-refractivity contribution in [3.05, 3.63) is 29.8 Å². The van der Waals surface area contributed by atoms with Crippen molar-refractivity contribution in [2.24, 2.45) is 5.92 Å². The van der Waals surface area contributed by atoms with Crippen LogP contribution in [0.15, 0.2) is 24.3 Å². The van der Waals surface area contributed by atoms with Crippen molar-refractivity contribution >= 4 is 17.7 Å². The van der Waals surface area contributed by atoms with E-state index in [0.717, 1.165) is 18.4 Å². The zero-order chi connectivity index (χ0) is 14.0. The molecule has 0 aromatic heterocycles. The van der Waals surface area contributed by atoms with Gasteiger partial charge in [0.2, 0.25) is 0 Å². The van der Waals surface area contributed by atoms with E-state index in [9.17, 15) is 14.7 Å². The van der Waals surface area contributed by atoms with Gasteiger partial charge in [-0.25, -0.2) is 9.59 Å². The van der Waals surface area contributed by atoms with Gasteiger partial charge in [-0.1, -0.05) is 17.7 Å². The van der Waals surface area contributed by atoms with Crippen LogP contribution in [0.3, 0.4) is 0 Å². The first-order chi connectivity index (χ1) is 8.91. The molecule has 1 aliphatic rings. The van der Waals surface area contributed by atoms with Crippen molar-refractivity contribution in [1.82, 2.24) is 5.32 Å². The lowest BCUT2D eigenvalue weighted by Gasteiger charge is -2.26. The van der Waals surface area contributed by atoms with Crippen molar-refractivity contribution in [3.8, 4) is 0 Å². The minimum absolute atomic E-state index is 0.0220. The first-order valence-corrected chi connectivity index (χ1v) is 6.31. The van der Waals surface area contributed by atoms with E-state index in [1.165, 1.54) is 0 Å². The van der Waals surface area contributed by atoms with Gasteiger partial charge in [0.15, 0.2) is 0 Å². The second-order valence-corrected chi connectivity index (χ2v) is 5.23. The van der Waals surface area contributed by atoms with Gasteiger partial charge in [0.05, 0.1) is 0 Å². The fourth-order valence-corrected chi connectivity index (χ4v) is 2.03. The number of hydrogen-bond donors (Lipinski definition) is 3. The minimum Gasteiger partial charge on any atom is -0.480 e. The highest BCUT2D eigenvalue weighted by molar-refractivity contribution is 5.94. The number of rotatable bonds is 4. The van der Waals surface area contributed by atoms with Gasteiger partial charge in [-0.15, -0.1) is 0 Å². The van der Waals surface area contributed by atoms with Gasteiger partial charge in [0.1, 0.15) is 5.54 Å². The zero-order valence-corrected chi connectivity index (χ0v) is 11.1. The van der Waals surface area contributed by atoms with Gasteiger partial charge < -0.3 is 15.7 Å². The molecule has 5 heteroatoms. The minimum atomic E-state index is -1.19. The number of carbonyl (C=O) groups is 2. The van der Waals surface area contributed by atoms with Crippen molar-refractivity contribution in [2.45, 2.75) is 32.2 Å². The number of carbonyl (C=O) groups excluding carboxylic acids is 1. The van der Waals surface area contributed by atoms with E-state index in [1.54, 1.807) is 19.1 Å². The predicted molar refractivity (Wildman–Crippen MR) is 72.1 cm³/mol. The lowest BCUT2D eigenvalue weighted by molar-refractivity contribution is -0.144. The average Bonchev–Trinajstić information content (AvgIpc) is 3.16. The SMILES string of the molecule is Cc1ccc(NC(=O)NC(C)(C(=O)O)C2CC2)cc1. The van der Waals surface area contributed by atoms with Crippen molar-refractivity contribution < 1.29 is 14.7 Å². The molecular weight excluding hydrogens is 244 g/mol. The normalized spacial score (nSPS) is 17.4. The molecule has 5 nitrogen and oxygen atoms in total. The van der Waals surface area contributed by atoms with E-state index < -0.39 is 17.5 Å². The molecule has 1 fully saturated rings. The third-order valence-corrected chi connectivity index (χ3v) is 3.52. The fraction of sp³-hybridized carbons (Fsp3) is 0.429. The summed E-state index contributed by atoms with van der Waals surface area (Å²) in [6, 6.07) is 6.84. The number of aryl methyl sites for hydroxylation is 1. The summed E-state index contributed by atoms with van der Waals surface area (Å²) in [6.45, 7) is 3.51. The zero-order valence-electron chi connectivity index (χ0n) is 11.1. The number of carboxylic acid groups (broad SMARTS) is 1. The summed E-state index contributed by atoms with van der Waals surface area (Å²) < 4.78 is 0. The van der Waals surface area contributed by atoms with E-state index in [2.05, 4.69) is 10.6 Å². The highest BCUT2D eigenvalue weighted by Gasteiger charge is 2.48. The second kappa shape index (κ2) is 4.91. The van der Waals surface area contributed by atoms with E-state index in [4.69, 9.17) is 0 Å². The lowest BCUT2D eigenvalue weighted by Crippen LogP contribution is -2.55. The van der Waals surface area contributed by atoms with Gasteiger partial charge in [-0.05, 0) is 44.7 Å². The van der Waals surface area contributed by atoms with Crippen LogP contribution < -0.4 is 10.6 Å². The number of amides is 2. The molecule has 2 amide bonds. The molecule has 1 unspecified atom stereocenters. The van der Waals surface area contributed by atoms with E-state index in [-0.39, 0.29) is 5.92 Å². The summed E-state index contributed by atoms with van der Waals surface area (Å²) in [4.78, 5) is 23.2. The number of anilines is 1. The molecule has 0 radical (unpaired) electrons. The van der Waals surface area contributed by atoms with Crippen LogP contribution in [-0.4, -0.2) is 22.6 Å². The first kappa shape index (κ1) is 13.4. The highest BCUT2D eigenvalue weighted by atomic mass is 16.4. The molecule has 1 saturated carbocycles. The van der Waals surface area contributed by atoms with Crippen molar-refractivity contribution in [3.63, 3.8) is 0 Å². The summed E-state index contributed by atoms with van der Waals surface area (Å²) in [6.07, 6.45) is 1.68. The lowest BCUT2D eigenvalue weighted by atomic mass is 9.96. The van der Waals surface area contributed by atoms with Crippen LogP contribution in [0.5, 0.6) is 0 Å². The molecule has 0 aliphatic heterocycles. The molecule has 2 rings (SSSR count). The quantitative estimate of drug-likeness (QED) is 0.779. The van der Waals surface area contributed by atoms with E-state index in [0.29, 0.717) is 5.69 Å². The average molecular weight is 262 g/mol. The maximum absolute atomic E-state index is 11.9. The number of carboxylic acids is 1. The maximum Gasteiger partial charge on any atom is 0.329 e. The van der Waals surface area contributed by atoms with Crippen LogP contribution in [0.4, 0.5) is 10.5 Å². The van der Waals surface area contributed by atoms with Crippen LogP contribution in [-0.2, 0) is 4.79 Å². The molecule has 1 atom stereocenters. The maximum atomic E-state index is 11.9. The van der Waals surface area contributed by atoms with E-state index >= 15 is 0 Å². The summed E-state index contributed by atoms with van der Waals surface area (Å²) in [5, 5.41) is 14.5. The molecule has 0 heterocycles. The molecule has 1 aliphatic carbocycles. The molecule has 102 valence electrons. The number of hydrogen-bond acceptors (Lipinski definition) is 2. The Kier molecular flexibility index (Phi) is 3.46. The molecule has 19 heavy (non-hydrogen) atoms. The van der Waals surface area contributed by atoms with Crippen LogP contribution in [0.2, 0.25) is 0 Å². The Morgan fingerprint density at radius 3 is 2.32 bits per heavy atom. The van der Waals surface area contributed by atoms with Gasteiger partial charge in [0.25, 0.3) is 0 Å². The van der Waals surface area contributed by atoms with Crippen LogP contribution in [0.25, 0.3) is 0 Å². The van der Waals surface area contributed by atoms with Crippen LogP contribution in [0.1, 0.15) is 25.3 Å². The molecule has 0 saturated heterocycles. The Hall–Kier alpha value is -2.04. The number of benzene rings is 1. The summed E-state index contributed by atoms with van der Waals surface area (Å²) >= 11 is 0. The van der Waals surface area contributed by atoms with Gasteiger partial charge in [-0.3, -0.25) is 0 Å². The Morgan fingerprint density at radius 2 is 1.84 bits per heavy atom. The first-order valence-electron chi connectivity index (χ1n) is 6.31. The van der Waals surface area contributed by atoms with Gasteiger partial charge in [0, 0.05) is 5.69 Å². The highest BCUT2D eigenvalue weighted by Crippen LogP contribution is 2.39. The number of urea groups is 1. The number of aliphatic carboxylic acids is 1. The van der Waals surface area contributed by atoms with Gasteiger partial charge >= 0.3 is 12.0 Å². The van der Waals surface area contributed by atoms with Gasteiger partial charge in [-0.2, -0.15) is 0 Å². The monoisotopic (exact) mass is 262 g/mol. The molecule has 3 N–H and O–H groups in total. The standard InChI is InChI=1S/C14H18N2O3/c1-9-3-7-11(8-4-9)15-13(19)16-14(2,12(17)18)10-5-6-10/h3-4,7-8,10H,5-6H2,1-2H3,(H,17,18)(H2,15,16,19). The Bertz CT molecular complexity index is 494. The largest absolute Gasteiger partial charge is 0.480 e. The smallest absolute Gasteiger partial charge is 0.329 e. The molecule has 0 bridgehead atoms. The van der Waals surface area contributed by atoms with Crippen molar-refractivity contribution in [1.29, 1.82) is 0 Å². The molecule has 0 spiro atoms. The van der Waals surface area contributed by atoms with E-state index in [1.807, 2.05) is 19.1 Å². The molecule has 1 aromatic rings. The summed E-state index contributed by atoms with van der Waals surface area (Å²) in [5.41, 5.74) is 0.556. The Morgan fingerprint density at radius 1 is 1.26 bits per heavy atom. The Labute approximate surface area is 112 Å². The Balaban J connectivity index is 2.00. The topological polar surface area (TPSA) is 78.4 Å². The third kappa shape index (κ3) is 3.05. The number of nitrogens with one attached hydrogen (secondary N) is 2. The molecule has 1 aromatic carbocycles.